The van der Waals surface area contributed by atoms with Crippen molar-refractivity contribution in [2.45, 2.75) is 44.7 Å². The predicted molar refractivity (Wildman–Crippen MR) is 115 cm³/mol. The van der Waals surface area contributed by atoms with Crippen LogP contribution in [0.1, 0.15) is 37.8 Å². The fraction of sp³-hybridized carbons (Fsp3) is 0.333. The fourth-order valence-electron chi connectivity index (χ4n) is 4.16. The van der Waals surface area contributed by atoms with Gasteiger partial charge >= 0.3 is 6.09 Å². The minimum Gasteiger partial charge on any atom is -0.456 e. The van der Waals surface area contributed by atoms with Gasteiger partial charge in [-0.25, -0.2) is 9.18 Å². The largest absolute Gasteiger partial charge is 0.456 e. The Morgan fingerprint density at radius 3 is 2.61 bits per heavy atom. The highest BCUT2D eigenvalue weighted by Crippen LogP contribution is 2.45. The summed E-state index contributed by atoms with van der Waals surface area (Å²) in [5.41, 5.74) is 3.56. The Morgan fingerprint density at radius 2 is 1.90 bits per heavy atom. The van der Waals surface area contributed by atoms with Crippen molar-refractivity contribution in [1.29, 1.82) is 0 Å². The lowest BCUT2D eigenvalue weighted by atomic mass is 9.92. The smallest absolute Gasteiger partial charge is 0.414 e. The number of hydrogen-bond acceptors (Lipinski definition) is 4. The SMILES string of the molecule is COC(=O)N1c2ccc(-c3cnn(C4CC4)c3)c(Oc3ccc(F)cc3)c2CCC1C. The third-order valence-corrected chi connectivity index (χ3v) is 5.99. The standard InChI is InChI=1S/C24H24FN3O3/c1-15-3-10-21-22(28(15)24(29)30-2)12-11-20(16-13-26-27(14-16)18-6-7-18)23(21)31-19-8-4-17(25)5-9-19/h4-5,8-9,11-15,18H,3,6-7,10H2,1-2H3. The number of halogens is 1. The molecule has 0 spiro atoms. The highest BCUT2D eigenvalue weighted by molar-refractivity contribution is 5.92. The molecule has 0 radical (unpaired) electrons. The van der Waals surface area contributed by atoms with Crippen molar-refractivity contribution in [2.75, 3.05) is 12.0 Å². The Balaban J connectivity index is 1.63. The number of carbonyl (C=O) groups is 1. The van der Waals surface area contributed by atoms with Crippen LogP contribution in [0.3, 0.4) is 0 Å². The molecule has 1 unspecified atom stereocenters. The van der Waals surface area contributed by atoms with E-state index in [1.807, 2.05) is 36.1 Å². The van der Waals surface area contributed by atoms with Gasteiger partial charge in [0, 0.05) is 28.9 Å². The Hall–Kier alpha value is -3.35. The monoisotopic (exact) mass is 421 g/mol. The summed E-state index contributed by atoms with van der Waals surface area (Å²) in [6.45, 7) is 2.01. The van der Waals surface area contributed by atoms with Crippen molar-refractivity contribution in [3.8, 4) is 22.6 Å². The average Bonchev–Trinajstić information content (AvgIpc) is 3.52. The lowest BCUT2D eigenvalue weighted by Gasteiger charge is -2.35. The van der Waals surface area contributed by atoms with Crippen LogP contribution in [-0.4, -0.2) is 29.0 Å². The van der Waals surface area contributed by atoms with Crippen LogP contribution in [-0.2, 0) is 11.2 Å². The van der Waals surface area contributed by atoms with E-state index in [9.17, 15) is 9.18 Å². The van der Waals surface area contributed by atoms with E-state index in [-0.39, 0.29) is 11.9 Å². The van der Waals surface area contributed by atoms with Gasteiger partial charge in [-0.2, -0.15) is 5.10 Å². The number of nitrogens with zero attached hydrogens (tertiary/aromatic N) is 3. The minimum atomic E-state index is -0.393. The van der Waals surface area contributed by atoms with Crippen LogP contribution in [0.2, 0.25) is 0 Å². The molecule has 160 valence electrons. The summed E-state index contributed by atoms with van der Waals surface area (Å²) in [6.07, 6.45) is 7.33. The van der Waals surface area contributed by atoms with Crippen molar-refractivity contribution in [3.63, 3.8) is 0 Å². The first kappa shape index (κ1) is 19.6. The third-order valence-electron chi connectivity index (χ3n) is 5.99. The number of benzene rings is 2. The van der Waals surface area contributed by atoms with Gasteiger partial charge in [0.2, 0.25) is 0 Å². The fourth-order valence-corrected chi connectivity index (χ4v) is 4.16. The molecular formula is C24H24FN3O3. The van der Waals surface area contributed by atoms with Crippen molar-refractivity contribution in [3.05, 3.63) is 60.2 Å². The molecule has 1 aliphatic heterocycles. The first-order valence-corrected chi connectivity index (χ1v) is 10.6. The molecule has 1 amide bonds. The molecule has 31 heavy (non-hydrogen) atoms. The van der Waals surface area contributed by atoms with Crippen LogP contribution in [0, 0.1) is 5.82 Å². The van der Waals surface area contributed by atoms with Crippen molar-refractivity contribution >= 4 is 11.8 Å². The predicted octanol–water partition coefficient (Wildman–Crippen LogP) is 5.72. The van der Waals surface area contributed by atoms with E-state index in [0.717, 1.165) is 48.1 Å². The van der Waals surface area contributed by atoms with Crippen molar-refractivity contribution < 1.29 is 18.7 Å². The Bertz CT molecular complexity index is 1120. The summed E-state index contributed by atoms with van der Waals surface area (Å²) in [5, 5.41) is 4.52. The summed E-state index contributed by atoms with van der Waals surface area (Å²) in [6, 6.07) is 10.4. The molecule has 6 nitrogen and oxygen atoms in total. The van der Waals surface area contributed by atoms with E-state index in [1.54, 1.807) is 17.0 Å². The number of anilines is 1. The maximum absolute atomic E-state index is 13.4. The van der Waals surface area contributed by atoms with Crippen LogP contribution in [0.25, 0.3) is 11.1 Å². The number of amides is 1. The second kappa shape index (κ2) is 7.72. The van der Waals surface area contributed by atoms with E-state index in [4.69, 9.17) is 9.47 Å². The summed E-state index contributed by atoms with van der Waals surface area (Å²) >= 11 is 0. The Kier molecular flexibility index (Phi) is 4.88. The number of ether oxygens (including phenoxy) is 2. The van der Waals surface area contributed by atoms with Gasteiger partial charge in [0.05, 0.1) is 25.0 Å². The molecule has 1 fully saturated rings. The summed E-state index contributed by atoms with van der Waals surface area (Å²) < 4.78 is 26.8. The molecule has 0 saturated heterocycles. The topological polar surface area (TPSA) is 56.6 Å². The lowest BCUT2D eigenvalue weighted by Crippen LogP contribution is -2.42. The van der Waals surface area contributed by atoms with Crippen molar-refractivity contribution in [1.82, 2.24) is 9.78 Å². The van der Waals surface area contributed by atoms with Crippen LogP contribution >= 0.6 is 0 Å². The molecule has 1 aromatic heterocycles. The molecule has 5 rings (SSSR count). The molecule has 1 aliphatic carbocycles. The molecule has 3 aromatic rings. The summed E-state index contributed by atoms with van der Waals surface area (Å²) in [4.78, 5) is 14.2. The first-order valence-electron chi connectivity index (χ1n) is 10.6. The number of carbonyl (C=O) groups excluding carboxylic acids is 1. The maximum atomic E-state index is 13.4. The zero-order valence-electron chi connectivity index (χ0n) is 17.5. The molecule has 0 N–H and O–H groups in total. The molecule has 1 atom stereocenters. The van der Waals surface area contributed by atoms with Crippen LogP contribution in [0.5, 0.6) is 11.5 Å². The van der Waals surface area contributed by atoms with Gasteiger partial charge in [0.15, 0.2) is 0 Å². The van der Waals surface area contributed by atoms with Gasteiger partial charge in [0.1, 0.15) is 17.3 Å². The average molecular weight is 421 g/mol. The first-order chi connectivity index (χ1) is 15.0. The van der Waals surface area contributed by atoms with Gasteiger partial charge in [-0.05, 0) is 69.0 Å². The van der Waals surface area contributed by atoms with E-state index in [0.29, 0.717) is 17.5 Å². The Morgan fingerprint density at radius 1 is 1.13 bits per heavy atom. The van der Waals surface area contributed by atoms with Gasteiger partial charge in [-0.1, -0.05) is 0 Å². The number of rotatable bonds is 4. The second-order valence-corrected chi connectivity index (χ2v) is 8.16. The van der Waals surface area contributed by atoms with Gasteiger partial charge in [-0.15, -0.1) is 0 Å². The highest BCUT2D eigenvalue weighted by atomic mass is 19.1. The van der Waals surface area contributed by atoms with E-state index in [1.165, 1.54) is 19.2 Å². The van der Waals surface area contributed by atoms with Crippen LogP contribution in [0.15, 0.2) is 48.8 Å². The van der Waals surface area contributed by atoms with Crippen molar-refractivity contribution in [2.24, 2.45) is 0 Å². The summed E-state index contributed by atoms with van der Waals surface area (Å²) in [7, 11) is 1.39. The van der Waals surface area contributed by atoms with E-state index < -0.39 is 6.09 Å². The van der Waals surface area contributed by atoms with Gasteiger partial charge < -0.3 is 9.47 Å². The molecule has 2 aliphatic rings. The highest BCUT2D eigenvalue weighted by Gasteiger charge is 2.33. The van der Waals surface area contributed by atoms with Gasteiger partial charge in [-0.3, -0.25) is 9.58 Å². The maximum Gasteiger partial charge on any atom is 0.414 e. The molecule has 2 aromatic carbocycles. The summed E-state index contributed by atoms with van der Waals surface area (Å²) in [5.74, 6) is 0.883. The second-order valence-electron chi connectivity index (χ2n) is 8.16. The van der Waals surface area contributed by atoms with E-state index >= 15 is 0 Å². The quantitative estimate of drug-likeness (QED) is 0.540. The van der Waals surface area contributed by atoms with Crippen LogP contribution < -0.4 is 9.64 Å². The van der Waals surface area contributed by atoms with E-state index in [2.05, 4.69) is 5.10 Å². The molecule has 0 bridgehead atoms. The number of hydrogen-bond donors (Lipinski definition) is 0. The molecule has 7 heteroatoms. The minimum absolute atomic E-state index is 0.0158. The molecule has 1 saturated carbocycles. The zero-order valence-corrected chi connectivity index (χ0v) is 17.5. The number of fused-ring (bicyclic) bond motifs is 1. The van der Waals surface area contributed by atoms with Crippen LogP contribution in [0.4, 0.5) is 14.9 Å². The number of methoxy groups -OCH3 is 1. The molecule has 2 heterocycles. The Labute approximate surface area is 180 Å². The number of aromatic nitrogens is 2. The van der Waals surface area contributed by atoms with Gasteiger partial charge in [0.25, 0.3) is 0 Å². The third kappa shape index (κ3) is 3.65. The zero-order chi connectivity index (χ0) is 21.5. The molecular weight excluding hydrogens is 397 g/mol. The lowest BCUT2D eigenvalue weighted by molar-refractivity contribution is 0.175. The normalized spacial score (nSPS) is 17.9.